The monoisotopic (exact) mass is 496 g/mol. The van der Waals surface area contributed by atoms with Crippen LogP contribution in [0.5, 0.6) is 0 Å². The van der Waals surface area contributed by atoms with Crippen molar-refractivity contribution in [2.75, 3.05) is 24.7 Å². The standard InChI is InChI=1S/C22H18F6N6O/c1-34(2)10-11-5-16(19(29-8-11)22(26,27)28)32-20-30-9-12-6-17(35)31-15-7-13(21(23,24)25)3-4-14(15)18(12)33-20/h3-5,7-9H,6,10H2,1-2H3,(H,31,35)(H,30,32,33). The highest BCUT2D eigenvalue weighted by molar-refractivity contribution is 6.00. The van der Waals surface area contributed by atoms with Gasteiger partial charge in [0, 0.05) is 30.1 Å². The third-order valence-corrected chi connectivity index (χ3v) is 5.05. The molecule has 13 heteroatoms. The molecule has 1 aliphatic rings. The Bertz CT molecular complexity index is 1290. The predicted octanol–water partition coefficient (Wildman–Crippen LogP) is 4.88. The van der Waals surface area contributed by atoms with Crippen molar-refractivity contribution in [3.63, 3.8) is 0 Å². The van der Waals surface area contributed by atoms with E-state index < -0.39 is 29.5 Å². The third-order valence-electron chi connectivity index (χ3n) is 5.05. The van der Waals surface area contributed by atoms with Crippen LogP contribution in [0.15, 0.2) is 36.7 Å². The number of hydrogen-bond donors (Lipinski definition) is 2. The Morgan fingerprint density at radius 1 is 1.03 bits per heavy atom. The number of benzene rings is 1. The molecule has 1 aromatic carbocycles. The van der Waals surface area contributed by atoms with Gasteiger partial charge < -0.3 is 15.5 Å². The Morgan fingerprint density at radius 2 is 1.77 bits per heavy atom. The van der Waals surface area contributed by atoms with E-state index >= 15 is 0 Å². The van der Waals surface area contributed by atoms with Gasteiger partial charge in [-0.3, -0.25) is 4.79 Å². The van der Waals surface area contributed by atoms with Gasteiger partial charge in [-0.25, -0.2) is 15.0 Å². The molecule has 35 heavy (non-hydrogen) atoms. The van der Waals surface area contributed by atoms with Crippen molar-refractivity contribution in [2.45, 2.75) is 25.3 Å². The van der Waals surface area contributed by atoms with E-state index in [2.05, 4.69) is 25.6 Å². The fourth-order valence-corrected chi connectivity index (χ4v) is 3.63. The van der Waals surface area contributed by atoms with Crippen LogP contribution in [-0.4, -0.2) is 39.9 Å². The summed E-state index contributed by atoms with van der Waals surface area (Å²) in [6.45, 7) is 0.327. The molecule has 0 aliphatic carbocycles. The zero-order chi connectivity index (χ0) is 25.5. The molecule has 0 unspecified atom stereocenters. The van der Waals surface area contributed by atoms with Gasteiger partial charge in [0.25, 0.3) is 0 Å². The van der Waals surface area contributed by atoms with Gasteiger partial charge in [0.05, 0.1) is 29.1 Å². The number of nitrogens with zero attached hydrogens (tertiary/aromatic N) is 4. The van der Waals surface area contributed by atoms with Crippen molar-refractivity contribution in [1.82, 2.24) is 19.9 Å². The summed E-state index contributed by atoms with van der Waals surface area (Å²) in [5.41, 5.74) is -1.53. The molecule has 0 atom stereocenters. The first-order chi connectivity index (χ1) is 16.3. The normalized spacial score (nSPS) is 13.7. The van der Waals surface area contributed by atoms with Gasteiger partial charge in [0.1, 0.15) is 0 Å². The van der Waals surface area contributed by atoms with Crippen molar-refractivity contribution in [2.24, 2.45) is 0 Å². The van der Waals surface area contributed by atoms with Crippen LogP contribution in [0.3, 0.4) is 0 Å². The number of nitrogens with one attached hydrogen (secondary N) is 2. The minimum Gasteiger partial charge on any atom is -0.325 e. The number of alkyl halides is 6. The lowest BCUT2D eigenvalue weighted by Gasteiger charge is -2.17. The molecule has 7 nitrogen and oxygen atoms in total. The average Bonchev–Trinajstić information content (AvgIpc) is 2.86. The molecule has 3 aromatic rings. The molecule has 184 valence electrons. The number of halogens is 6. The molecule has 0 fully saturated rings. The zero-order valence-corrected chi connectivity index (χ0v) is 18.3. The van der Waals surface area contributed by atoms with Crippen LogP contribution in [0.1, 0.15) is 22.4 Å². The number of amides is 1. The lowest BCUT2D eigenvalue weighted by atomic mass is 10.0. The van der Waals surface area contributed by atoms with Gasteiger partial charge in [-0.2, -0.15) is 26.3 Å². The molecule has 3 heterocycles. The van der Waals surface area contributed by atoms with Crippen LogP contribution < -0.4 is 10.6 Å². The van der Waals surface area contributed by atoms with Gasteiger partial charge in [0.15, 0.2) is 5.69 Å². The van der Waals surface area contributed by atoms with Crippen LogP contribution in [0, 0.1) is 0 Å². The highest BCUT2D eigenvalue weighted by atomic mass is 19.4. The van der Waals surface area contributed by atoms with Crippen molar-refractivity contribution in [3.8, 4) is 11.3 Å². The first-order valence-corrected chi connectivity index (χ1v) is 10.2. The maximum atomic E-state index is 13.6. The topological polar surface area (TPSA) is 83.0 Å². The minimum atomic E-state index is -4.76. The number of rotatable bonds is 4. The smallest absolute Gasteiger partial charge is 0.325 e. The molecule has 0 saturated heterocycles. The third kappa shape index (κ3) is 5.34. The van der Waals surface area contributed by atoms with Crippen LogP contribution in [0.4, 0.5) is 43.7 Å². The van der Waals surface area contributed by atoms with Gasteiger partial charge in [-0.15, -0.1) is 0 Å². The molecule has 2 aromatic heterocycles. The summed E-state index contributed by atoms with van der Waals surface area (Å²) in [7, 11) is 3.49. The molecule has 0 spiro atoms. The van der Waals surface area contributed by atoms with Crippen molar-refractivity contribution >= 4 is 23.2 Å². The van der Waals surface area contributed by atoms with Crippen LogP contribution in [0.25, 0.3) is 11.3 Å². The van der Waals surface area contributed by atoms with E-state index in [-0.39, 0.29) is 35.0 Å². The summed E-state index contributed by atoms with van der Waals surface area (Å²) >= 11 is 0. The van der Waals surface area contributed by atoms with E-state index in [4.69, 9.17) is 0 Å². The fourth-order valence-electron chi connectivity index (χ4n) is 3.63. The summed E-state index contributed by atoms with van der Waals surface area (Å²) in [5, 5.41) is 4.95. The highest BCUT2D eigenvalue weighted by Gasteiger charge is 2.36. The molecular weight excluding hydrogens is 478 g/mol. The summed E-state index contributed by atoms with van der Waals surface area (Å²) in [5.74, 6) is -0.813. The molecule has 0 bridgehead atoms. The van der Waals surface area contributed by atoms with Gasteiger partial charge in [0.2, 0.25) is 11.9 Å². The summed E-state index contributed by atoms with van der Waals surface area (Å²) < 4.78 is 80.1. The SMILES string of the molecule is CN(C)Cc1cnc(C(F)(F)F)c(Nc2ncc3c(n2)-c2ccc(C(F)(F)F)cc2NC(=O)C3)c1. The first kappa shape index (κ1) is 24.4. The molecule has 2 N–H and O–H groups in total. The molecule has 1 aliphatic heterocycles. The number of pyridine rings is 1. The summed E-state index contributed by atoms with van der Waals surface area (Å²) in [6.07, 6.45) is -7.24. The van der Waals surface area contributed by atoms with E-state index in [1.807, 2.05) is 0 Å². The van der Waals surface area contributed by atoms with E-state index in [0.29, 0.717) is 17.7 Å². The lowest BCUT2D eigenvalue weighted by Crippen LogP contribution is -2.16. The predicted molar refractivity (Wildman–Crippen MR) is 115 cm³/mol. The number of fused-ring (bicyclic) bond motifs is 3. The van der Waals surface area contributed by atoms with Crippen molar-refractivity contribution in [1.29, 1.82) is 0 Å². The Morgan fingerprint density at radius 3 is 2.43 bits per heavy atom. The second-order valence-electron chi connectivity index (χ2n) is 8.15. The number of hydrogen-bond acceptors (Lipinski definition) is 6. The molecule has 0 radical (unpaired) electrons. The quantitative estimate of drug-likeness (QED) is 0.502. The van der Waals surface area contributed by atoms with E-state index in [1.54, 1.807) is 19.0 Å². The number of anilines is 3. The summed E-state index contributed by atoms with van der Waals surface area (Å²) in [6, 6.07) is 4.05. The minimum absolute atomic E-state index is 0.112. The Labute approximate surface area is 195 Å². The van der Waals surface area contributed by atoms with Crippen molar-refractivity contribution < 1.29 is 31.1 Å². The number of aromatic nitrogens is 3. The van der Waals surface area contributed by atoms with Crippen molar-refractivity contribution in [3.05, 3.63) is 59.0 Å². The average molecular weight is 496 g/mol. The zero-order valence-electron chi connectivity index (χ0n) is 18.3. The Kier molecular flexibility index (Phi) is 6.13. The maximum Gasteiger partial charge on any atom is 0.435 e. The largest absolute Gasteiger partial charge is 0.435 e. The van der Waals surface area contributed by atoms with Gasteiger partial charge >= 0.3 is 12.4 Å². The second-order valence-corrected chi connectivity index (χ2v) is 8.15. The van der Waals surface area contributed by atoms with Crippen LogP contribution >= 0.6 is 0 Å². The molecular formula is C22H18F6N6O. The Balaban J connectivity index is 1.78. The second kappa shape index (κ2) is 8.80. The maximum absolute atomic E-state index is 13.6. The highest BCUT2D eigenvalue weighted by Crippen LogP contribution is 2.39. The lowest BCUT2D eigenvalue weighted by molar-refractivity contribution is -0.140. The molecule has 1 amide bonds. The van der Waals surface area contributed by atoms with E-state index in [0.717, 1.165) is 24.4 Å². The number of carbonyl (C=O) groups is 1. The molecule has 0 saturated carbocycles. The first-order valence-electron chi connectivity index (χ1n) is 10.2. The van der Waals surface area contributed by atoms with Crippen LogP contribution in [0.2, 0.25) is 0 Å². The fraction of sp³-hybridized carbons (Fsp3) is 0.273. The molecule has 4 rings (SSSR count). The van der Waals surface area contributed by atoms with E-state index in [1.165, 1.54) is 12.3 Å². The Hall–Kier alpha value is -3.74. The van der Waals surface area contributed by atoms with Gasteiger partial charge in [-0.1, -0.05) is 6.07 Å². The van der Waals surface area contributed by atoms with E-state index in [9.17, 15) is 31.1 Å². The summed E-state index contributed by atoms with van der Waals surface area (Å²) in [4.78, 5) is 25.8. The van der Waals surface area contributed by atoms with Gasteiger partial charge in [-0.05, 0) is 37.9 Å². The van der Waals surface area contributed by atoms with Crippen LogP contribution in [-0.2, 0) is 30.1 Å². The number of carbonyl (C=O) groups excluding carboxylic acids is 1.